The normalized spacial score (nSPS) is 18.7. The second kappa shape index (κ2) is 5.09. The second-order valence-electron chi connectivity index (χ2n) is 4.46. The number of rotatable bonds is 4. The Bertz CT molecular complexity index is 525. The van der Waals surface area contributed by atoms with Gasteiger partial charge in [-0.1, -0.05) is 0 Å². The van der Waals surface area contributed by atoms with Gasteiger partial charge in [0.25, 0.3) is 0 Å². The molecule has 1 aliphatic heterocycles. The van der Waals surface area contributed by atoms with Crippen molar-refractivity contribution in [2.75, 3.05) is 18.9 Å². The van der Waals surface area contributed by atoms with E-state index in [0.717, 1.165) is 0 Å². The maximum Gasteiger partial charge on any atom is 0.325 e. The SMILES string of the molecule is CN1C[C@@H](C(=O)Nc2ccn(CC(=O)O)n2)CC1=O. The summed E-state index contributed by atoms with van der Waals surface area (Å²) in [7, 11) is 1.65. The number of amides is 2. The molecule has 1 saturated heterocycles. The Morgan fingerprint density at radius 2 is 2.32 bits per heavy atom. The molecule has 19 heavy (non-hydrogen) atoms. The van der Waals surface area contributed by atoms with Gasteiger partial charge in [-0.15, -0.1) is 0 Å². The maximum atomic E-state index is 11.9. The van der Waals surface area contributed by atoms with Crippen LogP contribution in [0.25, 0.3) is 0 Å². The van der Waals surface area contributed by atoms with Crippen molar-refractivity contribution in [1.82, 2.24) is 14.7 Å². The van der Waals surface area contributed by atoms with Gasteiger partial charge < -0.3 is 15.3 Å². The number of nitrogens with zero attached hydrogens (tertiary/aromatic N) is 3. The molecule has 2 heterocycles. The number of carbonyl (C=O) groups is 3. The van der Waals surface area contributed by atoms with Crippen LogP contribution in [0.1, 0.15) is 6.42 Å². The lowest BCUT2D eigenvalue weighted by molar-refractivity contribution is -0.137. The third kappa shape index (κ3) is 3.09. The van der Waals surface area contributed by atoms with Gasteiger partial charge in [-0.3, -0.25) is 19.1 Å². The van der Waals surface area contributed by atoms with E-state index in [1.165, 1.54) is 21.8 Å². The van der Waals surface area contributed by atoms with Crippen molar-refractivity contribution in [3.8, 4) is 0 Å². The van der Waals surface area contributed by atoms with Crippen LogP contribution in [0.2, 0.25) is 0 Å². The molecule has 8 heteroatoms. The van der Waals surface area contributed by atoms with E-state index < -0.39 is 5.97 Å². The molecule has 8 nitrogen and oxygen atoms in total. The van der Waals surface area contributed by atoms with E-state index in [1.54, 1.807) is 7.05 Å². The van der Waals surface area contributed by atoms with Crippen molar-refractivity contribution in [2.45, 2.75) is 13.0 Å². The number of carbonyl (C=O) groups excluding carboxylic acids is 2. The zero-order valence-electron chi connectivity index (χ0n) is 10.4. The zero-order valence-corrected chi connectivity index (χ0v) is 10.4. The van der Waals surface area contributed by atoms with E-state index in [-0.39, 0.29) is 36.5 Å². The fourth-order valence-electron chi connectivity index (χ4n) is 1.92. The highest BCUT2D eigenvalue weighted by Crippen LogP contribution is 2.17. The summed E-state index contributed by atoms with van der Waals surface area (Å²) in [5.74, 6) is -1.45. The summed E-state index contributed by atoms with van der Waals surface area (Å²) >= 11 is 0. The number of anilines is 1. The quantitative estimate of drug-likeness (QED) is 0.756. The third-order valence-electron chi connectivity index (χ3n) is 2.90. The average Bonchev–Trinajstić information content (AvgIpc) is 2.86. The van der Waals surface area contributed by atoms with Crippen LogP contribution in [0.5, 0.6) is 0 Å². The Morgan fingerprint density at radius 3 is 2.89 bits per heavy atom. The number of carboxylic acid groups (broad SMARTS) is 1. The molecule has 2 amide bonds. The molecule has 102 valence electrons. The third-order valence-corrected chi connectivity index (χ3v) is 2.90. The fraction of sp³-hybridized carbons (Fsp3) is 0.455. The monoisotopic (exact) mass is 266 g/mol. The van der Waals surface area contributed by atoms with Crippen molar-refractivity contribution in [1.29, 1.82) is 0 Å². The molecule has 0 bridgehead atoms. The predicted octanol–water partition coefficient (Wildman–Crippen LogP) is -0.615. The molecule has 0 radical (unpaired) electrons. The lowest BCUT2D eigenvalue weighted by Crippen LogP contribution is -2.26. The average molecular weight is 266 g/mol. The largest absolute Gasteiger partial charge is 0.480 e. The molecule has 0 unspecified atom stereocenters. The highest BCUT2D eigenvalue weighted by atomic mass is 16.4. The van der Waals surface area contributed by atoms with Gasteiger partial charge in [-0.2, -0.15) is 5.10 Å². The number of aliphatic carboxylic acids is 1. The van der Waals surface area contributed by atoms with Crippen molar-refractivity contribution in [2.24, 2.45) is 5.92 Å². The maximum absolute atomic E-state index is 11.9. The first kappa shape index (κ1) is 13.1. The number of hydrogen-bond donors (Lipinski definition) is 2. The number of nitrogens with one attached hydrogen (secondary N) is 1. The molecule has 0 aromatic carbocycles. The van der Waals surface area contributed by atoms with E-state index >= 15 is 0 Å². The Balaban J connectivity index is 1.94. The van der Waals surface area contributed by atoms with Crippen LogP contribution < -0.4 is 5.32 Å². The number of hydrogen-bond acceptors (Lipinski definition) is 4. The number of carboxylic acids is 1. The number of likely N-dealkylation sites (tertiary alicyclic amines) is 1. The van der Waals surface area contributed by atoms with Crippen molar-refractivity contribution < 1.29 is 19.5 Å². The van der Waals surface area contributed by atoms with Gasteiger partial charge in [-0.05, 0) is 0 Å². The molecule has 0 saturated carbocycles. The first-order valence-corrected chi connectivity index (χ1v) is 5.76. The van der Waals surface area contributed by atoms with Crippen LogP contribution >= 0.6 is 0 Å². The topological polar surface area (TPSA) is 105 Å². The highest BCUT2D eigenvalue weighted by Gasteiger charge is 2.32. The summed E-state index contributed by atoms with van der Waals surface area (Å²) in [4.78, 5) is 35.2. The number of aromatic nitrogens is 2. The molecular weight excluding hydrogens is 252 g/mol. The Hall–Kier alpha value is -2.38. The van der Waals surface area contributed by atoms with Crippen molar-refractivity contribution in [3.05, 3.63) is 12.3 Å². The molecule has 1 fully saturated rings. The molecule has 2 N–H and O–H groups in total. The minimum atomic E-state index is -1.01. The van der Waals surface area contributed by atoms with Crippen LogP contribution in [-0.4, -0.2) is 51.2 Å². The van der Waals surface area contributed by atoms with Gasteiger partial charge in [0, 0.05) is 32.3 Å². The molecule has 1 aromatic heterocycles. The molecule has 0 spiro atoms. The van der Waals surface area contributed by atoms with Gasteiger partial charge in [0.15, 0.2) is 5.82 Å². The predicted molar refractivity (Wildman–Crippen MR) is 64.2 cm³/mol. The van der Waals surface area contributed by atoms with Crippen LogP contribution in [0.15, 0.2) is 12.3 Å². The minimum absolute atomic E-state index is 0.0587. The van der Waals surface area contributed by atoms with E-state index in [4.69, 9.17) is 5.11 Å². The Kier molecular flexibility index (Phi) is 3.50. The van der Waals surface area contributed by atoms with Gasteiger partial charge in [0.2, 0.25) is 11.8 Å². The van der Waals surface area contributed by atoms with E-state index in [0.29, 0.717) is 6.54 Å². The van der Waals surface area contributed by atoms with Crippen LogP contribution in [0, 0.1) is 5.92 Å². The van der Waals surface area contributed by atoms with Crippen LogP contribution in [0.3, 0.4) is 0 Å². The summed E-state index contributed by atoms with van der Waals surface area (Å²) in [5.41, 5.74) is 0. The lowest BCUT2D eigenvalue weighted by atomic mass is 10.1. The van der Waals surface area contributed by atoms with Crippen molar-refractivity contribution >= 4 is 23.6 Å². The summed E-state index contributed by atoms with van der Waals surface area (Å²) in [6, 6.07) is 1.52. The Labute approximate surface area is 109 Å². The first-order valence-electron chi connectivity index (χ1n) is 5.76. The van der Waals surface area contributed by atoms with Gasteiger partial charge in [-0.25, -0.2) is 0 Å². The Morgan fingerprint density at radius 1 is 1.58 bits per heavy atom. The summed E-state index contributed by atoms with van der Waals surface area (Å²) < 4.78 is 1.21. The molecular formula is C11H14N4O4. The van der Waals surface area contributed by atoms with Gasteiger partial charge in [0.05, 0.1) is 5.92 Å². The smallest absolute Gasteiger partial charge is 0.325 e. The lowest BCUT2D eigenvalue weighted by Gasteiger charge is -2.09. The van der Waals surface area contributed by atoms with Gasteiger partial charge >= 0.3 is 5.97 Å². The summed E-state index contributed by atoms with van der Waals surface area (Å²) in [6.45, 7) is 0.126. The standard InChI is InChI=1S/C11H14N4O4/c1-14-5-7(4-9(14)16)11(19)12-8-2-3-15(13-8)6-10(17)18/h2-3,7H,4-6H2,1H3,(H,17,18)(H,12,13,19)/t7-/m0/s1. The summed E-state index contributed by atoms with van der Waals surface area (Å²) in [5, 5.41) is 15.1. The molecule has 0 aliphatic carbocycles. The van der Waals surface area contributed by atoms with E-state index in [1.807, 2.05) is 0 Å². The highest BCUT2D eigenvalue weighted by molar-refractivity contribution is 5.96. The molecule has 1 atom stereocenters. The summed E-state index contributed by atoms with van der Waals surface area (Å²) in [6.07, 6.45) is 1.66. The minimum Gasteiger partial charge on any atom is -0.480 e. The van der Waals surface area contributed by atoms with E-state index in [2.05, 4.69) is 10.4 Å². The van der Waals surface area contributed by atoms with Crippen LogP contribution in [0.4, 0.5) is 5.82 Å². The first-order chi connectivity index (χ1) is 8.95. The fourth-order valence-corrected chi connectivity index (χ4v) is 1.92. The van der Waals surface area contributed by atoms with Crippen molar-refractivity contribution in [3.63, 3.8) is 0 Å². The zero-order chi connectivity index (χ0) is 14.0. The molecule has 1 aliphatic rings. The van der Waals surface area contributed by atoms with E-state index in [9.17, 15) is 14.4 Å². The molecule has 2 rings (SSSR count). The van der Waals surface area contributed by atoms with Crippen LogP contribution in [-0.2, 0) is 20.9 Å². The molecule has 1 aromatic rings. The second-order valence-corrected chi connectivity index (χ2v) is 4.46. The van der Waals surface area contributed by atoms with Gasteiger partial charge in [0.1, 0.15) is 6.54 Å².